The molecule has 1 aliphatic heterocycles. The molecule has 0 bridgehead atoms. The molecule has 9 nitrogen and oxygen atoms in total. The van der Waals surface area contributed by atoms with Crippen molar-refractivity contribution in [1.29, 1.82) is 0 Å². The van der Waals surface area contributed by atoms with E-state index in [1.54, 1.807) is 31.5 Å². The molecule has 1 N–H and O–H groups in total. The molecule has 4 rings (SSSR count). The van der Waals surface area contributed by atoms with Gasteiger partial charge in [-0.1, -0.05) is 23.5 Å². The Hall–Kier alpha value is -3.05. The summed E-state index contributed by atoms with van der Waals surface area (Å²) in [6, 6.07) is 5.69. The average Bonchev–Trinajstić information content (AvgIpc) is 3.43. The number of halogens is 1. The largest absolute Gasteiger partial charge is 0.364 e. The van der Waals surface area contributed by atoms with Crippen LogP contribution in [-0.4, -0.2) is 51.0 Å². The highest BCUT2D eigenvalue weighted by Crippen LogP contribution is 2.27. The normalized spacial score (nSPS) is 17.0. The van der Waals surface area contributed by atoms with E-state index in [4.69, 9.17) is 4.74 Å². The van der Waals surface area contributed by atoms with Crippen molar-refractivity contribution in [3.8, 4) is 0 Å². The zero-order chi connectivity index (χ0) is 21.6. The lowest BCUT2D eigenvalue weighted by atomic mass is 10.1. The maximum atomic E-state index is 13.2. The van der Waals surface area contributed by atoms with Crippen molar-refractivity contribution in [2.45, 2.75) is 25.9 Å². The summed E-state index contributed by atoms with van der Waals surface area (Å²) >= 11 is 1.35. The van der Waals surface area contributed by atoms with Gasteiger partial charge in [0.15, 0.2) is 6.10 Å². The molecule has 2 atom stereocenters. The summed E-state index contributed by atoms with van der Waals surface area (Å²) in [7, 11) is 0. The third kappa shape index (κ3) is 5.36. The Balaban J connectivity index is 1.35. The summed E-state index contributed by atoms with van der Waals surface area (Å²) in [6.07, 6.45) is 4.10. The van der Waals surface area contributed by atoms with Crippen LogP contribution in [-0.2, 0) is 16.0 Å². The van der Waals surface area contributed by atoms with E-state index >= 15 is 0 Å². The van der Waals surface area contributed by atoms with Gasteiger partial charge in [-0.15, -0.1) is 15.3 Å². The highest BCUT2D eigenvalue weighted by Gasteiger charge is 2.27. The molecule has 1 fully saturated rings. The van der Waals surface area contributed by atoms with Crippen LogP contribution in [0.25, 0.3) is 0 Å². The lowest BCUT2D eigenvalue weighted by molar-refractivity contribution is -0.127. The van der Waals surface area contributed by atoms with Crippen molar-refractivity contribution in [2.75, 3.05) is 29.9 Å². The van der Waals surface area contributed by atoms with E-state index in [1.807, 2.05) is 0 Å². The SMILES string of the molecule is CCO[C@H](C(=O)Nc1nnc(C[C@@H]2CCN(c3nccnn3)C2)s1)c1ccc(F)cc1. The number of anilines is 2. The molecule has 0 spiro atoms. The predicted molar refractivity (Wildman–Crippen MR) is 113 cm³/mol. The molecular formula is C20H22FN7O2S. The summed E-state index contributed by atoms with van der Waals surface area (Å²) in [6.45, 7) is 3.83. The Labute approximate surface area is 182 Å². The van der Waals surface area contributed by atoms with Gasteiger partial charge in [-0.25, -0.2) is 9.37 Å². The Morgan fingerprint density at radius 2 is 2.13 bits per heavy atom. The van der Waals surface area contributed by atoms with E-state index in [2.05, 4.69) is 35.6 Å². The monoisotopic (exact) mass is 443 g/mol. The number of carbonyl (C=O) groups excluding carboxylic acids is 1. The lowest BCUT2D eigenvalue weighted by Gasteiger charge is -2.16. The molecule has 0 saturated carbocycles. The van der Waals surface area contributed by atoms with Crippen molar-refractivity contribution in [3.05, 3.63) is 53.0 Å². The minimum atomic E-state index is -0.846. The molecular weight excluding hydrogens is 421 g/mol. The third-order valence-electron chi connectivity index (χ3n) is 4.94. The van der Waals surface area contributed by atoms with E-state index in [-0.39, 0.29) is 11.7 Å². The minimum Gasteiger partial charge on any atom is -0.364 e. The van der Waals surface area contributed by atoms with Crippen LogP contribution in [0.4, 0.5) is 15.5 Å². The quantitative estimate of drug-likeness (QED) is 0.566. The first kappa shape index (κ1) is 21.2. The van der Waals surface area contributed by atoms with E-state index < -0.39 is 6.10 Å². The molecule has 0 unspecified atom stereocenters. The maximum absolute atomic E-state index is 13.2. The summed E-state index contributed by atoms with van der Waals surface area (Å²) < 4.78 is 18.8. The van der Waals surface area contributed by atoms with Crippen LogP contribution < -0.4 is 10.2 Å². The van der Waals surface area contributed by atoms with Crippen LogP contribution in [0.5, 0.6) is 0 Å². The Bertz CT molecular complexity index is 1000. The second-order valence-electron chi connectivity index (χ2n) is 7.12. The second-order valence-corrected chi connectivity index (χ2v) is 8.19. The number of hydrogen-bond donors (Lipinski definition) is 1. The maximum Gasteiger partial charge on any atom is 0.259 e. The predicted octanol–water partition coefficient (Wildman–Crippen LogP) is 2.65. The molecule has 0 radical (unpaired) electrons. The van der Waals surface area contributed by atoms with Gasteiger partial charge in [-0.05, 0) is 37.0 Å². The average molecular weight is 444 g/mol. The third-order valence-corrected chi connectivity index (χ3v) is 5.80. The molecule has 162 valence electrons. The van der Waals surface area contributed by atoms with Crippen molar-refractivity contribution in [3.63, 3.8) is 0 Å². The molecule has 1 aliphatic rings. The fourth-order valence-electron chi connectivity index (χ4n) is 3.50. The highest BCUT2D eigenvalue weighted by atomic mass is 32.1. The Morgan fingerprint density at radius 1 is 1.29 bits per heavy atom. The molecule has 1 aromatic carbocycles. The number of benzene rings is 1. The topological polar surface area (TPSA) is 106 Å². The summed E-state index contributed by atoms with van der Waals surface area (Å²) in [5.74, 6) is 0.305. The first-order chi connectivity index (χ1) is 15.1. The van der Waals surface area contributed by atoms with E-state index in [0.29, 0.717) is 29.2 Å². The van der Waals surface area contributed by atoms with Crippen LogP contribution in [0, 0.1) is 11.7 Å². The zero-order valence-corrected chi connectivity index (χ0v) is 17.8. The summed E-state index contributed by atoms with van der Waals surface area (Å²) in [4.78, 5) is 19.1. The van der Waals surface area contributed by atoms with Gasteiger partial charge in [0.25, 0.3) is 5.91 Å². The highest BCUT2D eigenvalue weighted by molar-refractivity contribution is 7.15. The van der Waals surface area contributed by atoms with Gasteiger partial charge in [-0.2, -0.15) is 5.10 Å². The fourth-order valence-corrected chi connectivity index (χ4v) is 4.36. The Morgan fingerprint density at radius 3 is 2.87 bits per heavy atom. The number of aromatic nitrogens is 5. The van der Waals surface area contributed by atoms with Crippen LogP contribution in [0.15, 0.2) is 36.7 Å². The standard InChI is InChI=1S/C20H22FN7O2S/c1-2-30-17(14-3-5-15(21)6-4-14)18(29)24-20-27-25-16(31-20)11-13-7-10-28(12-13)19-22-8-9-23-26-19/h3-6,8-9,13,17H,2,7,10-12H2,1H3,(H,24,27,29)/t13-,17-/m0/s1. The van der Waals surface area contributed by atoms with E-state index in [0.717, 1.165) is 30.9 Å². The van der Waals surface area contributed by atoms with Crippen molar-refractivity contribution in [1.82, 2.24) is 25.4 Å². The fraction of sp³-hybridized carbons (Fsp3) is 0.400. The Kier molecular flexibility index (Phi) is 6.73. The number of carbonyl (C=O) groups is 1. The van der Waals surface area contributed by atoms with Crippen molar-refractivity contribution < 1.29 is 13.9 Å². The van der Waals surface area contributed by atoms with Crippen LogP contribution in [0.1, 0.15) is 30.0 Å². The van der Waals surface area contributed by atoms with Crippen molar-refractivity contribution in [2.24, 2.45) is 5.92 Å². The number of nitrogens with one attached hydrogen (secondary N) is 1. The smallest absolute Gasteiger partial charge is 0.259 e. The van der Waals surface area contributed by atoms with Crippen LogP contribution in [0.2, 0.25) is 0 Å². The first-order valence-corrected chi connectivity index (χ1v) is 10.8. The minimum absolute atomic E-state index is 0.343. The lowest BCUT2D eigenvalue weighted by Crippen LogP contribution is -2.23. The number of amides is 1. The van der Waals surface area contributed by atoms with E-state index in [9.17, 15) is 9.18 Å². The molecule has 3 heterocycles. The second kappa shape index (κ2) is 9.84. The molecule has 3 aromatic rings. The van der Waals surface area contributed by atoms with Gasteiger partial charge < -0.3 is 9.64 Å². The van der Waals surface area contributed by atoms with Crippen LogP contribution >= 0.6 is 11.3 Å². The van der Waals surface area contributed by atoms with Gasteiger partial charge in [0.05, 0.1) is 12.4 Å². The first-order valence-electron chi connectivity index (χ1n) is 10.0. The van der Waals surface area contributed by atoms with Crippen molar-refractivity contribution >= 4 is 28.3 Å². The molecule has 11 heteroatoms. The summed E-state index contributed by atoms with van der Waals surface area (Å²) in [5, 5.41) is 20.3. The molecule has 2 aromatic heterocycles. The van der Waals surface area contributed by atoms with Gasteiger partial charge in [0.2, 0.25) is 11.1 Å². The van der Waals surface area contributed by atoms with E-state index in [1.165, 1.54) is 23.5 Å². The van der Waals surface area contributed by atoms with Gasteiger partial charge in [0.1, 0.15) is 10.8 Å². The van der Waals surface area contributed by atoms with Crippen LogP contribution in [0.3, 0.4) is 0 Å². The number of rotatable bonds is 8. The number of ether oxygens (including phenoxy) is 1. The number of nitrogens with zero attached hydrogens (tertiary/aromatic N) is 6. The molecule has 31 heavy (non-hydrogen) atoms. The van der Waals surface area contributed by atoms with Gasteiger partial charge >= 0.3 is 0 Å². The summed E-state index contributed by atoms with van der Waals surface area (Å²) in [5.41, 5.74) is 0.578. The molecule has 0 aliphatic carbocycles. The number of hydrogen-bond acceptors (Lipinski definition) is 9. The van der Waals surface area contributed by atoms with Gasteiger partial charge in [-0.3, -0.25) is 10.1 Å². The molecule has 1 amide bonds. The zero-order valence-electron chi connectivity index (χ0n) is 16.9. The molecule has 1 saturated heterocycles. The van der Waals surface area contributed by atoms with Gasteiger partial charge in [0, 0.05) is 26.1 Å².